The molecule has 94 valence electrons. The number of rotatable bonds is 2. The monoisotopic (exact) mass is 256 g/mol. The Hall–Kier alpha value is -2.45. The fourth-order valence-electron chi connectivity index (χ4n) is 1.26. The Kier molecular flexibility index (Phi) is 2.96. The molecule has 0 fully saturated rings. The predicted octanol–water partition coefficient (Wildman–Crippen LogP) is 1.16. The number of nitrogens with two attached hydrogens (primary N) is 1. The zero-order valence-corrected chi connectivity index (χ0v) is 8.83. The SMILES string of the molecule is Nc1nnnn1/N=C\c1ccccc1C(F)(F)F. The maximum atomic E-state index is 12.7. The molecule has 0 amide bonds. The topological polar surface area (TPSA) is 82.0 Å². The predicted molar refractivity (Wildman–Crippen MR) is 56.7 cm³/mol. The Morgan fingerprint density at radius 2 is 2.00 bits per heavy atom. The average molecular weight is 256 g/mol. The van der Waals surface area contributed by atoms with Crippen molar-refractivity contribution in [2.45, 2.75) is 6.18 Å². The van der Waals surface area contributed by atoms with E-state index in [0.29, 0.717) is 0 Å². The van der Waals surface area contributed by atoms with Crippen molar-refractivity contribution in [1.82, 2.24) is 20.3 Å². The number of anilines is 1. The summed E-state index contributed by atoms with van der Waals surface area (Å²) in [4.78, 5) is 0.827. The van der Waals surface area contributed by atoms with Gasteiger partial charge < -0.3 is 5.73 Å². The summed E-state index contributed by atoms with van der Waals surface area (Å²) in [5, 5.41) is 13.6. The summed E-state index contributed by atoms with van der Waals surface area (Å²) in [6, 6.07) is 5.02. The summed E-state index contributed by atoms with van der Waals surface area (Å²) in [5.41, 5.74) is 4.43. The summed E-state index contributed by atoms with van der Waals surface area (Å²) in [6.45, 7) is 0. The van der Waals surface area contributed by atoms with Gasteiger partial charge in [0.1, 0.15) is 0 Å². The second-order valence-electron chi connectivity index (χ2n) is 3.26. The smallest absolute Gasteiger partial charge is 0.365 e. The lowest BCUT2D eigenvalue weighted by Crippen LogP contribution is -2.09. The van der Waals surface area contributed by atoms with Crippen LogP contribution >= 0.6 is 0 Å². The van der Waals surface area contributed by atoms with Gasteiger partial charge in [-0.15, -0.1) is 0 Å². The van der Waals surface area contributed by atoms with Gasteiger partial charge in [-0.3, -0.25) is 0 Å². The number of nitrogen functional groups attached to an aromatic ring is 1. The zero-order valence-electron chi connectivity index (χ0n) is 8.83. The molecule has 1 heterocycles. The van der Waals surface area contributed by atoms with Crippen molar-refractivity contribution in [2.75, 3.05) is 5.73 Å². The second kappa shape index (κ2) is 4.43. The van der Waals surface area contributed by atoms with Gasteiger partial charge in [0.2, 0.25) is 0 Å². The Morgan fingerprint density at radius 1 is 1.28 bits per heavy atom. The van der Waals surface area contributed by atoms with E-state index < -0.39 is 11.7 Å². The fourth-order valence-corrected chi connectivity index (χ4v) is 1.26. The first-order chi connectivity index (χ1) is 8.48. The van der Waals surface area contributed by atoms with Crippen LogP contribution in [0.3, 0.4) is 0 Å². The molecule has 0 bridgehead atoms. The van der Waals surface area contributed by atoms with E-state index in [9.17, 15) is 13.2 Å². The number of hydrogen-bond donors (Lipinski definition) is 1. The van der Waals surface area contributed by atoms with Gasteiger partial charge in [-0.05, 0) is 16.5 Å². The van der Waals surface area contributed by atoms with Crippen LogP contribution in [-0.4, -0.2) is 26.5 Å². The minimum Gasteiger partial charge on any atom is -0.365 e. The molecule has 0 aliphatic heterocycles. The van der Waals surface area contributed by atoms with Crippen LogP contribution in [0, 0.1) is 0 Å². The fraction of sp³-hybridized carbons (Fsp3) is 0.111. The third kappa shape index (κ3) is 2.44. The Bertz CT molecular complexity index is 574. The largest absolute Gasteiger partial charge is 0.417 e. The van der Waals surface area contributed by atoms with Gasteiger partial charge in [-0.25, -0.2) is 0 Å². The van der Waals surface area contributed by atoms with Gasteiger partial charge in [0.05, 0.1) is 11.8 Å². The highest BCUT2D eigenvalue weighted by atomic mass is 19.4. The van der Waals surface area contributed by atoms with Crippen LogP contribution < -0.4 is 5.73 Å². The quantitative estimate of drug-likeness (QED) is 0.817. The van der Waals surface area contributed by atoms with Crippen molar-refractivity contribution < 1.29 is 13.2 Å². The van der Waals surface area contributed by atoms with Crippen molar-refractivity contribution in [1.29, 1.82) is 0 Å². The Morgan fingerprint density at radius 3 is 2.61 bits per heavy atom. The minimum absolute atomic E-state index is 0.0973. The number of aromatic nitrogens is 4. The highest BCUT2D eigenvalue weighted by molar-refractivity contribution is 5.81. The summed E-state index contributed by atoms with van der Waals surface area (Å²) >= 11 is 0. The maximum Gasteiger partial charge on any atom is 0.417 e. The average Bonchev–Trinajstić information content (AvgIpc) is 2.71. The molecule has 6 nitrogen and oxygen atoms in total. The lowest BCUT2D eigenvalue weighted by molar-refractivity contribution is -0.137. The molecule has 1 aromatic carbocycles. The molecular weight excluding hydrogens is 249 g/mol. The molecule has 0 unspecified atom stereocenters. The molecule has 0 atom stereocenters. The van der Waals surface area contributed by atoms with Gasteiger partial charge >= 0.3 is 6.18 Å². The molecule has 2 aromatic rings. The summed E-state index contributed by atoms with van der Waals surface area (Å²) in [5.74, 6) is -0.115. The molecular formula is C9H7F3N6. The van der Waals surface area contributed by atoms with Gasteiger partial charge in [-0.1, -0.05) is 28.1 Å². The van der Waals surface area contributed by atoms with E-state index in [1.807, 2.05) is 0 Å². The second-order valence-corrected chi connectivity index (χ2v) is 3.26. The number of nitrogens with zero attached hydrogens (tertiary/aromatic N) is 5. The molecule has 0 aliphatic rings. The summed E-state index contributed by atoms with van der Waals surface area (Å²) in [6.07, 6.45) is -3.45. The molecule has 0 saturated carbocycles. The molecule has 9 heteroatoms. The molecule has 18 heavy (non-hydrogen) atoms. The Balaban J connectivity index is 2.36. The van der Waals surface area contributed by atoms with Crippen LogP contribution in [-0.2, 0) is 6.18 Å². The molecule has 0 aliphatic carbocycles. The van der Waals surface area contributed by atoms with Crippen LogP contribution in [0.2, 0.25) is 0 Å². The standard InChI is InChI=1S/C9H7F3N6/c10-9(11,12)7-4-2-1-3-6(7)5-14-18-8(13)15-16-17-18/h1-5H,(H2,13,15,17)/b14-5-. The third-order valence-corrected chi connectivity index (χ3v) is 2.05. The van der Waals surface area contributed by atoms with Crippen molar-refractivity contribution in [3.63, 3.8) is 0 Å². The number of benzene rings is 1. The first kappa shape index (κ1) is 12.0. The van der Waals surface area contributed by atoms with Gasteiger partial charge in [-0.2, -0.15) is 18.3 Å². The van der Waals surface area contributed by atoms with Gasteiger partial charge in [0.15, 0.2) is 0 Å². The first-order valence-corrected chi connectivity index (χ1v) is 4.73. The zero-order chi connectivity index (χ0) is 13.2. The highest BCUT2D eigenvalue weighted by Crippen LogP contribution is 2.31. The van der Waals surface area contributed by atoms with E-state index in [-0.39, 0.29) is 11.5 Å². The number of alkyl halides is 3. The third-order valence-electron chi connectivity index (χ3n) is 2.05. The van der Waals surface area contributed by atoms with Crippen molar-refractivity contribution in [2.24, 2.45) is 5.10 Å². The number of tetrazole rings is 1. The van der Waals surface area contributed by atoms with E-state index in [1.165, 1.54) is 18.2 Å². The van der Waals surface area contributed by atoms with E-state index in [2.05, 4.69) is 20.6 Å². The highest BCUT2D eigenvalue weighted by Gasteiger charge is 2.32. The summed E-state index contributed by atoms with van der Waals surface area (Å²) in [7, 11) is 0. The maximum absolute atomic E-state index is 12.7. The lowest BCUT2D eigenvalue weighted by atomic mass is 10.1. The van der Waals surface area contributed by atoms with Crippen molar-refractivity contribution in [3.05, 3.63) is 35.4 Å². The Labute approximate surface area is 98.9 Å². The van der Waals surface area contributed by atoms with Crippen molar-refractivity contribution in [3.8, 4) is 0 Å². The van der Waals surface area contributed by atoms with Crippen LogP contribution in [0.1, 0.15) is 11.1 Å². The molecule has 0 spiro atoms. The van der Waals surface area contributed by atoms with E-state index >= 15 is 0 Å². The first-order valence-electron chi connectivity index (χ1n) is 4.73. The lowest BCUT2D eigenvalue weighted by Gasteiger charge is -2.08. The molecule has 2 N–H and O–H groups in total. The normalized spacial score (nSPS) is 12.2. The molecule has 0 saturated heterocycles. The van der Waals surface area contributed by atoms with Crippen LogP contribution in [0.25, 0.3) is 0 Å². The van der Waals surface area contributed by atoms with Gasteiger partial charge in [0, 0.05) is 5.56 Å². The minimum atomic E-state index is -4.45. The van der Waals surface area contributed by atoms with E-state index in [4.69, 9.17) is 5.73 Å². The van der Waals surface area contributed by atoms with Crippen LogP contribution in [0.15, 0.2) is 29.4 Å². The molecule has 0 radical (unpaired) electrons. The van der Waals surface area contributed by atoms with Crippen molar-refractivity contribution >= 4 is 12.2 Å². The van der Waals surface area contributed by atoms with E-state index in [1.54, 1.807) is 0 Å². The molecule has 2 rings (SSSR count). The summed E-state index contributed by atoms with van der Waals surface area (Å²) < 4.78 is 38.0. The van der Waals surface area contributed by atoms with Crippen LogP contribution in [0.4, 0.5) is 19.1 Å². The molecule has 1 aromatic heterocycles. The number of halogens is 3. The van der Waals surface area contributed by atoms with E-state index in [0.717, 1.165) is 17.1 Å². The van der Waals surface area contributed by atoms with Crippen LogP contribution in [0.5, 0.6) is 0 Å². The van der Waals surface area contributed by atoms with Gasteiger partial charge in [0.25, 0.3) is 5.95 Å². The number of hydrogen-bond acceptors (Lipinski definition) is 5.